The summed E-state index contributed by atoms with van der Waals surface area (Å²) in [5.41, 5.74) is 6.88. The largest absolute Gasteiger partial charge is 0.457 e. The van der Waals surface area contributed by atoms with Gasteiger partial charge in [-0.3, -0.25) is 4.98 Å². The van der Waals surface area contributed by atoms with Crippen LogP contribution in [0, 0.1) is 0 Å². The Balaban J connectivity index is 2.22. The van der Waals surface area contributed by atoms with Gasteiger partial charge in [0.1, 0.15) is 12.0 Å². The van der Waals surface area contributed by atoms with Crippen molar-refractivity contribution in [1.29, 1.82) is 0 Å². The normalized spacial score (nSPS) is 18.3. The minimum absolute atomic E-state index is 0.599. The summed E-state index contributed by atoms with van der Waals surface area (Å²) in [6.45, 7) is 3.68. The molecule has 0 aromatic carbocycles. The van der Waals surface area contributed by atoms with Crippen LogP contribution in [0.1, 0.15) is 19.5 Å². The molecule has 4 heteroatoms. The molecule has 2 N–H and O–H groups in total. The minimum atomic E-state index is -0.599. The van der Waals surface area contributed by atoms with Crippen molar-refractivity contribution in [2.75, 3.05) is 5.73 Å². The van der Waals surface area contributed by atoms with Crippen molar-refractivity contribution < 1.29 is 9.47 Å². The van der Waals surface area contributed by atoms with Gasteiger partial charge in [0.05, 0.1) is 11.9 Å². The third-order valence-electron chi connectivity index (χ3n) is 1.84. The molecule has 14 heavy (non-hydrogen) atoms. The Bertz CT molecular complexity index is 368. The third-order valence-corrected chi connectivity index (χ3v) is 1.84. The lowest BCUT2D eigenvalue weighted by Crippen LogP contribution is -2.20. The highest BCUT2D eigenvalue weighted by Gasteiger charge is 2.28. The maximum Gasteiger partial charge on any atom is 0.245 e. The van der Waals surface area contributed by atoms with Crippen LogP contribution >= 0.6 is 0 Å². The summed E-state index contributed by atoms with van der Waals surface area (Å²) in [5, 5.41) is 0. The van der Waals surface area contributed by atoms with Gasteiger partial charge in [-0.25, -0.2) is 0 Å². The first-order chi connectivity index (χ1) is 6.57. The van der Waals surface area contributed by atoms with Crippen LogP contribution in [0.4, 0.5) is 5.69 Å². The van der Waals surface area contributed by atoms with Crippen LogP contribution in [0.2, 0.25) is 0 Å². The zero-order chi connectivity index (χ0) is 10.2. The standard InChI is InChI=1S/C10H12N2O2/c1-10(2)13-6-9(14-10)8-4-3-7(11)5-12-8/h3-6H,11H2,1-2H3. The molecular formula is C10H12N2O2. The van der Waals surface area contributed by atoms with E-state index in [0.29, 0.717) is 11.4 Å². The van der Waals surface area contributed by atoms with Gasteiger partial charge in [0, 0.05) is 13.8 Å². The highest BCUT2D eigenvalue weighted by molar-refractivity contribution is 5.57. The Kier molecular flexibility index (Phi) is 1.84. The number of ether oxygens (including phenoxy) is 2. The number of anilines is 1. The van der Waals surface area contributed by atoms with Crippen LogP contribution in [0.25, 0.3) is 5.76 Å². The van der Waals surface area contributed by atoms with Gasteiger partial charge in [-0.2, -0.15) is 0 Å². The lowest BCUT2D eigenvalue weighted by atomic mass is 10.3. The number of nitrogen functional groups attached to an aromatic ring is 1. The van der Waals surface area contributed by atoms with E-state index in [4.69, 9.17) is 15.2 Å². The zero-order valence-corrected chi connectivity index (χ0v) is 8.15. The van der Waals surface area contributed by atoms with Crippen molar-refractivity contribution in [2.45, 2.75) is 19.6 Å². The maximum absolute atomic E-state index is 5.52. The summed E-state index contributed by atoms with van der Waals surface area (Å²) in [6, 6.07) is 3.57. The Morgan fingerprint density at radius 1 is 1.36 bits per heavy atom. The van der Waals surface area contributed by atoms with Gasteiger partial charge in [0.15, 0.2) is 5.76 Å². The lowest BCUT2D eigenvalue weighted by Gasteiger charge is -2.17. The molecule has 1 aromatic rings. The Morgan fingerprint density at radius 2 is 2.14 bits per heavy atom. The molecule has 4 nitrogen and oxygen atoms in total. The van der Waals surface area contributed by atoms with Crippen molar-refractivity contribution in [2.24, 2.45) is 0 Å². The molecule has 0 saturated heterocycles. The zero-order valence-electron chi connectivity index (χ0n) is 8.15. The second kappa shape index (κ2) is 2.90. The number of rotatable bonds is 1. The second-order valence-electron chi connectivity index (χ2n) is 3.58. The topological polar surface area (TPSA) is 57.4 Å². The molecule has 0 fully saturated rings. The summed E-state index contributed by atoms with van der Waals surface area (Å²) in [4.78, 5) is 4.13. The third kappa shape index (κ3) is 1.64. The molecular weight excluding hydrogens is 180 g/mol. The lowest BCUT2D eigenvalue weighted by molar-refractivity contribution is -0.102. The summed E-state index contributed by atoms with van der Waals surface area (Å²) in [5.74, 6) is 0.0354. The molecule has 2 rings (SSSR count). The van der Waals surface area contributed by atoms with E-state index in [2.05, 4.69) is 4.98 Å². The monoisotopic (exact) mass is 192 g/mol. The van der Waals surface area contributed by atoms with Gasteiger partial charge >= 0.3 is 0 Å². The molecule has 74 valence electrons. The van der Waals surface area contributed by atoms with Crippen molar-refractivity contribution in [3.05, 3.63) is 30.3 Å². The number of nitrogens with two attached hydrogens (primary N) is 1. The predicted molar refractivity (Wildman–Crippen MR) is 52.9 cm³/mol. The van der Waals surface area contributed by atoms with E-state index in [1.165, 1.54) is 0 Å². The van der Waals surface area contributed by atoms with Gasteiger partial charge in [-0.05, 0) is 12.1 Å². The van der Waals surface area contributed by atoms with Gasteiger partial charge in [0.25, 0.3) is 0 Å². The molecule has 1 aliphatic heterocycles. The molecule has 0 saturated carbocycles. The van der Waals surface area contributed by atoms with Crippen LogP contribution in [0.15, 0.2) is 24.6 Å². The van der Waals surface area contributed by atoms with Crippen LogP contribution in [-0.4, -0.2) is 10.8 Å². The van der Waals surface area contributed by atoms with Gasteiger partial charge in [-0.15, -0.1) is 0 Å². The van der Waals surface area contributed by atoms with Crippen molar-refractivity contribution in [3.63, 3.8) is 0 Å². The quantitative estimate of drug-likeness (QED) is 0.736. The smallest absolute Gasteiger partial charge is 0.245 e. The Morgan fingerprint density at radius 3 is 2.64 bits per heavy atom. The average molecular weight is 192 g/mol. The summed E-state index contributed by atoms with van der Waals surface area (Å²) >= 11 is 0. The van der Waals surface area contributed by atoms with E-state index < -0.39 is 5.79 Å². The van der Waals surface area contributed by atoms with Crippen LogP contribution in [0.5, 0.6) is 0 Å². The molecule has 0 radical (unpaired) electrons. The van der Waals surface area contributed by atoms with E-state index in [1.54, 1.807) is 24.6 Å². The molecule has 1 aliphatic rings. The predicted octanol–water partition coefficient (Wildman–Crippen LogP) is 1.75. The first-order valence-electron chi connectivity index (χ1n) is 4.36. The molecule has 0 unspecified atom stereocenters. The fourth-order valence-corrected chi connectivity index (χ4v) is 1.17. The number of aromatic nitrogens is 1. The SMILES string of the molecule is CC1(C)OC=C(c2ccc(N)cn2)O1. The van der Waals surface area contributed by atoms with Crippen molar-refractivity contribution in [3.8, 4) is 0 Å². The van der Waals surface area contributed by atoms with Gasteiger partial charge in [-0.1, -0.05) is 0 Å². The maximum atomic E-state index is 5.52. The average Bonchev–Trinajstić information content (AvgIpc) is 2.47. The number of nitrogens with zero attached hydrogens (tertiary/aromatic N) is 1. The molecule has 0 spiro atoms. The molecule has 0 atom stereocenters. The summed E-state index contributed by atoms with van der Waals surface area (Å²) in [7, 11) is 0. The summed E-state index contributed by atoms with van der Waals surface area (Å²) in [6.07, 6.45) is 3.16. The first-order valence-corrected chi connectivity index (χ1v) is 4.36. The molecule has 0 aliphatic carbocycles. The summed E-state index contributed by atoms with van der Waals surface area (Å²) < 4.78 is 10.8. The highest BCUT2D eigenvalue weighted by atomic mass is 16.7. The first kappa shape index (κ1) is 8.87. The molecule has 1 aromatic heterocycles. The van der Waals surface area contributed by atoms with Crippen molar-refractivity contribution >= 4 is 11.4 Å². The minimum Gasteiger partial charge on any atom is -0.457 e. The van der Waals surface area contributed by atoms with E-state index in [0.717, 1.165) is 5.69 Å². The van der Waals surface area contributed by atoms with E-state index in [-0.39, 0.29) is 0 Å². The van der Waals surface area contributed by atoms with Crippen LogP contribution in [-0.2, 0) is 9.47 Å². The highest BCUT2D eigenvalue weighted by Crippen LogP contribution is 2.29. The van der Waals surface area contributed by atoms with Crippen molar-refractivity contribution in [1.82, 2.24) is 4.98 Å². The fraction of sp³-hybridized carbons (Fsp3) is 0.300. The second-order valence-corrected chi connectivity index (χ2v) is 3.58. The molecule has 0 amide bonds. The molecule has 0 bridgehead atoms. The van der Waals surface area contributed by atoms with E-state index >= 15 is 0 Å². The Hall–Kier alpha value is -1.71. The van der Waals surface area contributed by atoms with E-state index in [9.17, 15) is 0 Å². The van der Waals surface area contributed by atoms with Gasteiger partial charge in [0.2, 0.25) is 5.79 Å². The number of hydrogen-bond donors (Lipinski definition) is 1. The van der Waals surface area contributed by atoms with E-state index in [1.807, 2.05) is 13.8 Å². The Labute approximate surface area is 82.3 Å². The van der Waals surface area contributed by atoms with Crippen LogP contribution < -0.4 is 5.73 Å². The fourth-order valence-electron chi connectivity index (χ4n) is 1.17. The number of pyridine rings is 1. The molecule has 2 heterocycles. The number of hydrogen-bond acceptors (Lipinski definition) is 4. The van der Waals surface area contributed by atoms with Crippen LogP contribution in [0.3, 0.4) is 0 Å². The van der Waals surface area contributed by atoms with Gasteiger partial charge < -0.3 is 15.2 Å².